The lowest BCUT2D eigenvalue weighted by Crippen LogP contribution is -2.16. The molecule has 3 nitrogen and oxygen atoms in total. The Kier molecular flexibility index (Phi) is 4.74. The normalized spacial score (nSPS) is 11.9. The van der Waals surface area contributed by atoms with E-state index in [2.05, 4.69) is 11.4 Å². The maximum atomic E-state index is 13.5. The van der Waals surface area contributed by atoms with Crippen molar-refractivity contribution in [2.45, 2.75) is 18.9 Å². The predicted octanol–water partition coefficient (Wildman–Crippen LogP) is 2.40. The molecule has 1 unspecified atom stereocenters. The SMILES string of the molecule is CNC(CCC#N)c1ccc(OC)c(F)c1. The Morgan fingerprint density at radius 1 is 1.56 bits per heavy atom. The molecule has 0 heterocycles. The Balaban J connectivity index is 2.85. The van der Waals surface area contributed by atoms with Crippen LogP contribution in [0.4, 0.5) is 4.39 Å². The number of nitriles is 1. The van der Waals surface area contributed by atoms with Gasteiger partial charge in [-0.25, -0.2) is 4.39 Å². The van der Waals surface area contributed by atoms with Gasteiger partial charge in [-0.15, -0.1) is 0 Å². The number of methoxy groups -OCH3 is 1. The molecule has 1 atom stereocenters. The Hall–Kier alpha value is -1.60. The van der Waals surface area contributed by atoms with Crippen LogP contribution in [0.1, 0.15) is 24.4 Å². The first-order valence-electron chi connectivity index (χ1n) is 5.10. The second-order valence-corrected chi connectivity index (χ2v) is 3.43. The highest BCUT2D eigenvalue weighted by Gasteiger charge is 2.11. The molecule has 0 aliphatic rings. The highest BCUT2D eigenvalue weighted by molar-refractivity contribution is 5.31. The summed E-state index contributed by atoms with van der Waals surface area (Å²) in [7, 11) is 3.23. The van der Waals surface area contributed by atoms with E-state index in [1.807, 2.05) is 0 Å². The third kappa shape index (κ3) is 2.94. The fourth-order valence-electron chi connectivity index (χ4n) is 1.59. The van der Waals surface area contributed by atoms with Crippen molar-refractivity contribution in [3.63, 3.8) is 0 Å². The van der Waals surface area contributed by atoms with Crippen molar-refractivity contribution in [3.8, 4) is 11.8 Å². The summed E-state index contributed by atoms with van der Waals surface area (Å²) in [6.07, 6.45) is 1.11. The molecule has 16 heavy (non-hydrogen) atoms. The fourth-order valence-corrected chi connectivity index (χ4v) is 1.59. The summed E-state index contributed by atoms with van der Waals surface area (Å²) in [5.41, 5.74) is 0.830. The van der Waals surface area contributed by atoms with E-state index >= 15 is 0 Å². The van der Waals surface area contributed by atoms with Crippen LogP contribution in [0, 0.1) is 17.1 Å². The second kappa shape index (κ2) is 6.09. The van der Waals surface area contributed by atoms with Gasteiger partial charge in [0.15, 0.2) is 11.6 Å². The van der Waals surface area contributed by atoms with Crippen LogP contribution in [-0.2, 0) is 0 Å². The van der Waals surface area contributed by atoms with Crippen LogP contribution in [0.5, 0.6) is 5.75 Å². The summed E-state index contributed by atoms with van der Waals surface area (Å²) in [4.78, 5) is 0. The van der Waals surface area contributed by atoms with E-state index in [1.54, 1.807) is 19.2 Å². The quantitative estimate of drug-likeness (QED) is 0.832. The zero-order valence-electron chi connectivity index (χ0n) is 9.46. The van der Waals surface area contributed by atoms with Crippen molar-refractivity contribution in [1.82, 2.24) is 5.32 Å². The molecule has 0 amide bonds. The lowest BCUT2D eigenvalue weighted by Gasteiger charge is -2.15. The first kappa shape index (κ1) is 12.5. The Bertz CT molecular complexity index is 387. The van der Waals surface area contributed by atoms with Gasteiger partial charge in [0.25, 0.3) is 0 Å². The minimum Gasteiger partial charge on any atom is -0.494 e. The maximum absolute atomic E-state index is 13.5. The minimum atomic E-state index is -0.378. The van der Waals surface area contributed by atoms with Gasteiger partial charge in [-0.2, -0.15) is 5.26 Å². The first-order valence-corrected chi connectivity index (χ1v) is 5.10. The van der Waals surface area contributed by atoms with Crippen molar-refractivity contribution in [2.75, 3.05) is 14.2 Å². The molecule has 1 aromatic carbocycles. The van der Waals surface area contributed by atoms with Crippen molar-refractivity contribution in [2.24, 2.45) is 0 Å². The Morgan fingerprint density at radius 2 is 2.31 bits per heavy atom. The van der Waals surface area contributed by atoms with E-state index in [0.29, 0.717) is 12.8 Å². The van der Waals surface area contributed by atoms with Crippen LogP contribution in [-0.4, -0.2) is 14.2 Å². The third-order valence-corrected chi connectivity index (χ3v) is 2.47. The molecule has 0 aromatic heterocycles. The molecular weight excluding hydrogens is 207 g/mol. The molecule has 0 saturated carbocycles. The van der Waals surface area contributed by atoms with E-state index in [0.717, 1.165) is 5.56 Å². The van der Waals surface area contributed by atoms with Crippen molar-refractivity contribution < 1.29 is 9.13 Å². The van der Waals surface area contributed by atoms with Gasteiger partial charge >= 0.3 is 0 Å². The van der Waals surface area contributed by atoms with Gasteiger partial charge in [-0.1, -0.05) is 6.07 Å². The molecule has 0 bridgehead atoms. The smallest absolute Gasteiger partial charge is 0.165 e. The summed E-state index contributed by atoms with van der Waals surface area (Å²) < 4.78 is 18.3. The van der Waals surface area contributed by atoms with E-state index in [9.17, 15) is 4.39 Å². The van der Waals surface area contributed by atoms with Gasteiger partial charge in [0.05, 0.1) is 13.2 Å². The van der Waals surface area contributed by atoms with E-state index < -0.39 is 0 Å². The number of ether oxygens (including phenoxy) is 1. The molecule has 1 aromatic rings. The number of hydrogen-bond donors (Lipinski definition) is 1. The molecular formula is C12H15FN2O. The number of benzene rings is 1. The monoisotopic (exact) mass is 222 g/mol. The molecule has 86 valence electrons. The van der Waals surface area contributed by atoms with Gasteiger partial charge in [-0.3, -0.25) is 0 Å². The molecule has 4 heteroatoms. The van der Waals surface area contributed by atoms with Crippen LogP contribution < -0.4 is 10.1 Å². The number of hydrogen-bond acceptors (Lipinski definition) is 3. The standard InChI is InChI=1S/C12H15FN2O/c1-15-11(4-3-7-14)9-5-6-12(16-2)10(13)8-9/h5-6,8,11,15H,3-4H2,1-2H3. The minimum absolute atomic E-state index is 0.0000520. The van der Waals surface area contributed by atoms with Crippen LogP contribution in [0.3, 0.4) is 0 Å². The summed E-state index contributed by atoms with van der Waals surface area (Å²) in [5.74, 6) is -0.143. The van der Waals surface area contributed by atoms with E-state index in [1.165, 1.54) is 13.2 Å². The molecule has 0 radical (unpaired) electrons. The summed E-state index contributed by atoms with van der Waals surface area (Å²) in [6.45, 7) is 0. The number of nitrogens with zero attached hydrogens (tertiary/aromatic N) is 1. The average molecular weight is 222 g/mol. The van der Waals surface area contributed by atoms with Gasteiger partial charge in [0, 0.05) is 12.5 Å². The summed E-state index contributed by atoms with van der Waals surface area (Å²) in [6, 6.07) is 6.93. The highest BCUT2D eigenvalue weighted by atomic mass is 19.1. The van der Waals surface area contributed by atoms with E-state index in [4.69, 9.17) is 10.00 Å². The fraction of sp³-hybridized carbons (Fsp3) is 0.417. The third-order valence-electron chi connectivity index (χ3n) is 2.47. The van der Waals surface area contributed by atoms with Crippen molar-refractivity contribution in [3.05, 3.63) is 29.6 Å². The summed E-state index contributed by atoms with van der Waals surface area (Å²) >= 11 is 0. The summed E-state index contributed by atoms with van der Waals surface area (Å²) in [5, 5.41) is 11.6. The van der Waals surface area contributed by atoms with Crippen LogP contribution >= 0.6 is 0 Å². The molecule has 0 saturated heterocycles. The number of rotatable bonds is 5. The molecule has 0 aliphatic carbocycles. The largest absolute Gasteiger partial charge is 0.494 e. The molecule has 0 spiro atoms. The van der Waals surface area contributed by atoms with Crippen LogP contribution in [0.2, 0.25) is 0 Å². The number of halogens is 1. The van der Waals surface area contributed by atoms with Crippen LogP contribution in [0.25, 0.3) is 0 Å². The van der Waals surface area contributed by atoms with Crippen molar-refractivity contribution in [1.29, 1.82) is 5.26 Å². The van der Waals surface area contributed by atoms with Gasteiger partial charge in [0.2, 0.25) is 0 Å². The molecule has 0 fully saturated rings. The maximum Gasteiger partial charge on any atom is 0.165 e. The number of nitrogens with one attached hydrogen (secondary N) is 1. The Labute approximate surface area is 94.8 Å². The Morgan fingerprint density at radius 3 is 2.81 bits per heavy atom. The lowest BCUT2D eigenvalue weighted by atomic mass is 10.0. The van der Waals surface area contributed by atoms with Gasteiger partial charge in [0.1, 0.15) is 0 Å². The second-order valence-electron chi connectivity index (χ2n) is 3.43. The van der Waals surface area contributed by atoms with E-state index in [-0.39, 0.29) is 17.6 Å². The zero-order chi connectivity index (χ0) is 12.0. The highest BCUT2D eigenvalue weighted by Crippen LogP contribution is 2.24. The van der Waals surface area contributed by atoms with Gasteiger partial charge < -0.3 is 10.1 Å². The first-order chi connectivity index (χ1) is 7.72. The average Bonchev–Trinajstić information content (AvgIpc) is 2.30. The molecule has 1 rings (SSSR count). The topological polar surface area (TPSA) is 45.0 Å². The van der Waals surface area contributed by atoms with Crippen molar-refractivity contribution >= 4 is 0 Å². The van der Waals surface area contributed by atoms with Crippen LogP contribution in [0.15, 0.2) is 18.2 Å². The zero-order valence-corrected chi connectivity index (χ0v) is 9.46. The lowest BCUT2D eigenvalue weighted by molar-refractivity contribution is 0.385. The molecule has 1 N–H and O–H groups in total. The van der Waals surface area contributed by atoms with Gasteiger partial charge in [-0.05, 0) is 31.2 Å². The molecule has 0 aliphatic heterocycles. The predicted molar refractivity (Wildman–Crippen MR) is 59.6 cm³/mol.